The molecule has 0 spiro atoms. The summed E-state index contributed by atoms with van der Waals surface area (Å²) >= 11 is 0. The Hall–Kier alpha value is -2.17. The number of hydrogen-bond donors (Lipinski definition) is 0. The number of aromatic nitrogens is 3. The summed E-state index contributed by atoms with van der Waals surface area (Å²) in [5.41, 5.74) is 3.56. The average molecular weight is 351 g/mol. The normalized spacial score (nSPS) is 34.2. The number of pyridine rings is 1. The zero-order chi connectivity index (χ0) is 18.3. The van der Waals surface area contributed by atoms with Crippen LogP contribution in [0.4, 0.5) is 0 Å². The number of rotatable bonds is 0. The summed E-state index contributed by atoms with van der Waals surface area (Å²) in [5.74, 6) is 3.77. The van der Waals surface area contributed by atoms with Crippen molar-refractivity contribution in [2.24, 2.45) is 11.8 Å². The van der Waals surface area contributed by atoms with E-state index in [1.807, 2.05) is 23.0 Å². The molecule has 0 amide bonds. The summed E-state index contributed by atoms with van der Waals surface area (Å²) in [6, 6.07) is 6.36. The van der Waals surface area contributed by atoms with Gasteiger partial charge in [-0.25, -0.2) is 4.98 Å². The lowest BCUT2D eigenvalue weighted by atomic mass is 10.2. The summed E-state index contributed by atoms with van der Waals surface area (Å²) in [7, 11) is 0. The van der Waals surface area contributed by atoms with Crippen molar-refractivity contribution >= 4 is 0 Å². The Morgan fingerprint density at radius 1 is 0.885 bits per heavy atom. The van der Waals surface area contributed by atoms with E-state index in [9.17, 15) is 9.59 Å². The van der Waals surface area contributed by atoms with Gasteiger partial charge in [0.1, 0.15) is 5.82 Å². The second-order valence-electron chi connectivity index (χ2n) is 8.62. The zero-order valence-electron chi connectivity index (χ0n) is 15.8. The third-order valence-corrected chi connectivity index (χ3v) is 6.79. The van der Waals surface area contributed by atoms with Gasteiger partial charge >= 0.3 is 0 Å². The summed E-state index contributed by atoms with van der Waals surface area (Å²) < 4.78 is 3.84. The first-order valence-corrected chi connectivity index (χ1v) is 9.70. The molecule has 2 saturated carbocycles. The third kappa shape index (κ3) is 2.19. The van der Waals surface area contributed by atoms with Crippen molar-refractivity contribution in [1.82, 2.24) is 14.1 Å². The van der Waals surface area contributed by atoms with Gasteiger partial charge in [0.15, 0.2) is 0 Å². The Bertz CT molecular complexity index is 951. The van der Waals surface area contributed by atoms with Crippen molar-refractivity contribution in [3.8, 4) is 0 Å². The SMILES string of the molecule is Cc1cc(=O)n2c(n1)C1CC1[C@@H]2C.Cc1cc2n(c(=O)c1)[C@@H](C)C1CC21. The van der Waals surface area contributed by atoms with E-state index in [0.717, 1.165) is 23.0 Å². The highest BCUT2D eigenvalue weighted by Crippen LogP contribution is 2.58. The molecule has 2 aliphatic heterocycles. The van der Waals surface area contributed by atoms with Crippen molar-refractivity contribution in [1.29, 1.82) is 0 Å². The number of hydrogen-bond acceptors (Lipinski definition) is 3. The number of fused-ring (bicyclic) bond motifs is 6. The minimum absolute atomic E-state index is 0.127. The molecule has 2 aliphatic carbocycles. The van der Waals surface area contributed by atoms with Gasteiger partial charge in [-0.05, 0) is 64.0 Å². The zero-order valence-corrected chi connectivity index (χ0v) is 15.8. The van der Waals surface area contributed by atoms with Gasteiger partial charge < -0.3 is 4.57 Å². The van der Waals surface area contributed by atoms with E-state index < -0.39 is 0 Å². The van der Waals surface area contributed by atoms with Crippen molar-refractivity contribution in [2.45, 2.75) is 64.5 Å². The minimum atomic E-state index is 0.127. The van der Waals surface area contributed by atoms with Crippen LogP contribution in [0.1, 0.15) is 73.4 Å². The molecule has 0 radical (unpaired) electrons. The van der Waals surface area contributed by atoms with Gasteiger partial charge in [-0.15, -0.1) is 0 Å². The fraction of sp³-hybridized carbons (Fsp3) is 0.571. The van der Waals surface area contributed by atoms with E-state index in [2.05, 4.69) is 24.9 Å². The monoisotopic (exact) mass is 351 g/mol. The molecule has 6 atom stereocenters. The molecule has 136 valence electrons. The largest absolute Gasteiger partial charge is 0.309 e. The van der Waals surface area contributed by atoms with Crippen LogP contribution in [-0.2, 0) is 0 Å². The van der Waals surface area contributed by atoms with Crippen LogP contribution in [0.15, 0.2) is 27.8 Å². The Kier molecular flexibility index (Phi) is 3.19. The predicted molar refractivity (Wildman–Crippen MR) is 99.8 cm³/mol. The molecule has 26 heavy (non-hydrogen) atoms. The Balaban J connectivity index is 0.000000115. The maximum Gasteiger partial charge on any atom is 0.253 e. The summed E-state index contributed by atoms with van der Waals surface area (Å²) in [4.78, 5) is 27.8. The lowest BCUT2D eigenvalue weighted by Gasteiger charge is -2.12. The van der Waals surface area contributed by atoms with Gasteiger partial charge in [-0.3, -0.25) is 14.2 Å². The van der Waals surface area contributed by atoms with E-state index >= 15 is 0 Å². The van der Waals surface area contributed by atoms with Gasteiger partial charge in [0.25, 0.3) is 11.1 Å². The van der Waals surface area contributed by atoms with Crippen LogP contribution in [0.3, 0.4) is 0 Å². The third-order valence-electron chi connectivity index (χ3n) is 6.79. The van der Waals surface area contributed by atoms with E-state index in [-0.39, 0.29) is 11.1 Å². The van der Waals surface area contributed by atoms with Crippen LogP contribution in [0, 0.1) is 25.7 Å². The van der Waals surface area contributed by atoms with E-state index in [4.69, 9.17) is 0 Å². The highest BCUT2D eigenvalue weighted by atomic mass is 16.1. The smallest absolute Gasteiger partial charge is 0.253 e. The second kappa shape index (κ2) is 5.18. The van der Waals surface area contributed by atoms with E-state index in [1.54, 1.807) is 12.1 Å². The summed E-state index contributed by atoms with van der Waals surface area (Å²) in [6.07, 6.45) is 2.53. The lowest BCUT2D eigenvalue weighted by molar-refractivity contribution is 0.498. The highest BCUT2D eigenvalue weighted by molar-refractivity contribution is 5.30. The first kappa shape index (κ1) is 16.0. The molecule has 4 aliphatic rings. The maximum atomic E-state index is 11.7. The minimum Gasteiger partial charge on any atom is -0.309 e. The molecule has 4 unspecified atom stereocenters. The molecular formula is C21H25N3O2. The Labute approximate surface area is 152 Å². The Morgan fingerprint density at radius 2 is 1.50 bits per heavy atom. The van der Waals surface area contributed by atoms with Crippen LogP contribution in [0.2, 0.25) is 0 Å². The standard InChI is InChI=1S/C11H13NO.C10H12N2O/c1-6-3-10-9-5-8(9)7(2)12(10)11(13)4-6;1-5-3-9(13)12-6(2)7-4-8(7)10(12)11-5/h3-4,7-9H,5H2,1-2H3;3,6-8H,4H2,1-2H3/t7-,8?,9?;6-,7?,8?/m00/s1. The van der Waals surface area contributed by atoms with Gasteiger partial charge in [-0.1, -0.05) is 0 Å². The highest BCUT2D eigenvalue weighted by Gasteiger charge is 2.52. The molecule has 4 heterocycles. The van der Waals surface area contributed by atoms with Crippen LogP contribution in [0.25, 0.3) is 0 Å². The summed E-state index contributed by atoms with van der Waals surface area (Å²) in [5, 5.41) is 0. The van der Waals surface area contributed by atoms with E-state index in [0.29, 0.717) is 29.8 Å². The second-order valence-corrected chi connectivity index (χ2v) is 8.62. The van der Waals surface area contributed by atoms with Crippen molar-refractivity contribution < 1.29 is 0 Å². The van der Waals surface area contributed by atoms with Crippen LogP contribution in [0.5, 0.6) is 0 Å². The molecule has 0 N–H and O–H groups in total. The van der Waals surface area contributed by atoms with Gasteiger partial charge in [0.2, 0.25) is 0 Å². The molecule has 6 rings (SSSR count). The quantitative estimate of drug-likeness (QED) is 0.733. The van der Waals surface area contributed by atoms with Crippen molar-refractivity contribution in [2.75, 3.05) is 0 Å². The molecule has 2 fully saturated rings. The van der Waals surface area contributed by atoms with Crippen LogP contribution < -0.4 is 11.1 Å². The molecule has 5 nitrogen and oxygen atoms in total. The molecule has 0 aromatic carbocycles. The van der Waals surface area contributed by atoms with E-state index in [1.165, 1.54) is 18.5 Å². The number of nitrogens with zero attached hydrogens (tertiary/aromatic N) is 3. The summed E-state index contributed by atoms with van der Waals surface area (Å²) in [6.45, 7) is 8.18. The fourth-order valence-electron chi connectivity index (χ4n) is 5.27. The molecular weight excluding hydrogens is 326 g/mol. The predicted octanol–water partition coefficient (Wildman–Crippen LogP) is 3.06. The lowest BCUT2D eigenvalue weighted by Crippen LogP contribution is -2.24. The van der Waals surface area contributed by atoms with Gasteiger partial charge in [0, 0.05) is 47.4 Å². The van der Waals surface area contributed by atoms with Gasteiger partial charge in [-0.2, -0.15) is 0 Å². The maximum absolute atomic E-state index is 11.7. The number of aryl methyl sites for hydroxylation is 2. The molecule has 0 saturated heterocycles. The Morgan fingerprint density at radius 3 is 2.27 bits per heavy atom. The van der Waals surface area contributed by atoms with Crippen LogP contribution >= 0.6 is 0 Å². The van der Waals surface area contributed by atoms with Crippen LogP contribution in [-0.4, -0.2) is 14.1 Å². The first-order valence-electron chi connectivity index (χ1n) is 9.70. The average Bonchev–Trinajstić information content (AvgIpc) is 3.45. The molecule has 2 aromatic heterocycles. The fourth-order valence-corrected chi connectivity index (χ4v) is 5.27. The van der Waals surface area contributed by atoms with Gasteiger partial charge in [0.05, 0.1) is 0 Å². The molecule has 5 heteroatoms. The molecule has 2 aromatic rings. The topological polar surface area (TPSA) is 56.9 Å². The van der Waals surface area contributed by atoms with Crippen molar-refractivity contribution in [3.63, 3.8) is 0 Å². The van der Waals surface area contributed by atoms with Crippen molar-refractivity contribution in [3.05, 3.63) is 61.7 Å². The first-order chi connectivity index (χ1) is 12.4. The molecule has 0 bridgehead atoms.